The summed E-state index contributed by atoms with van der Waals surface area (Å²) >= 11 is 0. The third kappa shape index (κ3) is 4.36. The highest BCUT2D eigenvalue weighted by Gasteiger charge is 2.13. The third-order valence-corrected chi connectivity index (χ3v) is 3.35. The maximum absolute atomic E-state index is 11.5. The summed E-state index contributed by atoms with van der Waals surface area (Å²) in [4.78, 5) is 11.5. The molecule has 0 bridgehead atoms. The molecule has 1 amide bonds. The van der Waals surface area contributed by atoms with Crippen LogP contribution in [0.15, 0.2) is 36.4 Å². The van der Waals surface area contributed by atoms with E-state index in [4.69, 9.17) is 0 Å². The summed E-state index contributed by atoms with van der Waals surface area (Å²) in [6.45, 7) is 0. The number of hydrogen-bond donors (Lipinski definition) is 1. The molecule has 18 heavy (non-hydrogen) atoms. The lowest BCUT2D eigenvalue weighted by Crippen LogP contribution is -2.35. The number of rotatable bonds is 3. The van der Waals surface area contributed by atoms with Gasteiger partial charge in [0.05, 0.1) is 0 Å². The maximum atomic E-state index is 11.5. The molecule has 2 nitrogen and oxygen atoms in total. The Balaban J connectivity index is 1.84. The van der Waals surface area contributed by atoms with Gasteiger partial charge < -0.3 is 5.32 Å². The van der Waals surface area contributed by atoms with Crippen LogP contribution in [0.3, 0.4) is 0 Å². The van der Waals surface area contributed by atoms with Crippen molar-refractivity contribution in [2.75, 3.05) is 0 Å². The first-order chi connectivity index (χ1) is 8.84. The van der Waals surface area contributed by atoms with Crippen LogP contribution in [0.2, 0.25) is 0 Å². The molecule has 0 radical (unpaired) electrons. The first kappa shape index (κ1) is 12.9. The Bertz CT molecular complexity index is 397. The maximum Gasteiger partial charge on any atom is 0.220 e. The summed E-state index contributed by atoms with van der Waals surface area (Å²) < 4.78 is 0. The van der Waals surface area contributed by atoms with Crippen molar-refractivity contribution in [2.45, 2.75) is 44.6 Å². The minimum atomic E-state index is 0.216. The van der Waals surface area contributed by atoms with Crippen molar-refractivity contribution in [3.05, 3.63) is 42.0 Å². The smallest absolute Gasteiger partial charge is 0.220 e. The van der Waals surface area contributed by atoms with Crippen molar-refractivity contribution in [3.8, 4) is 0 Å². The highest BCUT2D eigenvalue weighted by Crippen LogP contribution is 2.13. The molecule has 2 heteroatoms. The van der Waals surface area contributed by atoms with Gasteiger partial charge in [0.1, 0.15) is 0 Å². The SMILES string of the molecule is O=C1CCCCCC(CC=Cc2ccccc2)N1. The van der Waals surface area contributed by atoms with Gasteiger partial charge in [-0.1, -0.05) is 55.3 Å². The van der Waals surface area contributed by atoms with Gasteiger partial charge in [-0.25, -0.2) is 0 Å². The summed E-state index contributed by atoms with van der Waals surface area (Å²) in [7, 11) is 0. The topological polar surface area (TPSA) is 29.1 Å². The number of amides is 1. The largest absolute Gasteiger partial charge is 0.353 e. The molecule has 96 valence electrons. The van der Waals surface area contributed by atoms with Crippen LogP contribution in [-0.2, 0) is 4.79 Å². The van der Waals surface area contributed by atoms with Gasteiger partial charge in [0.2, 0.25) is 5.91 Å². The van der Waals surface area contributed by atoms with Crippen LogP contribution in [0, 0.1) is 0 Å². The van der Waals surface area contributed by atoms with Crippen LogP contribution in [-0.4, -0.2) is 11.9 Å². The number of hydrogen-bond acceptors (Lipinski definition) is 1. The van der Waals surface area contributed by atoms with Crippen molar-refractivity contribution in [1.29, 1.82) is 0 Å². The number of carbonyl (C=O) groups excluding carboxylic acids is 1. The molecule has 0 aromatic heterocycles. The van der Waals surface area contributed by atoms with Gasteiger partial charge >= 0.3 is 0 Å². The molecule has 0 spiro atoms. The molecule has 1 N–H and O–H groups in total. The molecule has 1 atom stereocenters. The van der Waals surface area contributed by atoms with E-state index in [-0.39, 0.29) is 5.91 Å². The van der Waals surface area contributed by atoms with Crippen LogP contribution < -0.4 is 5.32 Å². The molecule has 0 aliphatic carbocycles. The van der Waals surface area contributed by atoms with Gasteiger partial charge in [-0.3, -0.25) is 4.79 Å². The molecular weight excluding hydrogens is 222 g/mol. The quantitative estimate of drug-likeness (QED) is 0.864. The number of nitrogens with one attached hydrogen (secondary N) is 1. The fraction of sp³-hybridized carbons (Fsp3) is 0.438. The summed E-state index contributed by atoms with van der Waals surface area (Å²) in [6, 6.07) is 10.6. The predicted molar refractivity (Wildman–Crippen MR) is 75.1 cm³/mol. The van der Waals surface area contributed by atoms with Crippen molar-refractivity contribution < 1.29 is 4.79 Å². The fourth-order valence-corrected chi connectivity index (χ4v) is 2.33. The Morgan fingerprint density at radius 3 is 2.83 bits per heavy atom. The van der Waals surface area contributed by atoms with Crippen molar-refractivity contribution in [2.24, 2.45) is 0 Å². The molecule has 1 aliphatic rings. The first-order valence-electron chi connectivity index (χ1n) is 6.85. The molecule has 1 aromatic rings. The minimum absolute atomic E-state index is 0.216. The van der Waals surface area contributed by atoms with Crippen LogP contribution in [0.5, 0.6) is 0 Å². The van der Waals surface area contributed by atoms with E-state index in [0.29, 0.717) is 12.5 Å². The Hall–Kier alpha value is -1.57. The van der Waals surface area contributed by atoms with E-state index < -0.39 is 0 Å². The highest BCUT2D eigenvalue weighted by molar-refractivity contribution is 5.76. The van der Waals surface area contributed by atoms with E-state index in [2.05, 4.69) is 29.6 Å². The van der Waals surface area contributed by atoms with Crippen LogP contribution >= 0.6 is 0 Å². The molecule has 1 fully saturated rings. The van der Waals surface area contributed by atoms with Gasteiger partial charge in [0.15, 0.2) is 0 Å². The summed E-state index contributed by atoms with van der Waals surface area (Å²) in [6.07, 6.45) is 10.5. The van der Waals surface area contributed by atoms with E-state index in [1.807, 2.05) is 18.2 Å². The average Bonchev–Trinajstić information content (AvgIpc) is 2.36. The molecule has 0 saturated carbocycles. The van der Waals surface area contributed by atoms with Crippen molar-refractivity contribution in [3.63, 3.8) is 0 Å². The molecule has 2 rings (SSSR count). The van der Waals surface area contributed by atoms with E-state index in [0.717, 1.165) is 19.3 Å². The zero-order chi connectivity index (χ0) is 12.6. The second-order valence-corrected chi connectivity index (χ2v) is 4.91. The zero-order valence-corrected chi connectivity index (χ0v) is 10.8. The van der Waals surface area contributed by atoms with Crippen LogP contribution in [0.1, 0.15) is 44.1 Å². The molecule has 1 heterocycles. The second-order valence-electron chi connectivity index (χ2n) is 4.91. The van der Waals surface area contributed by atoms with Gasteiger partial charge in [0.25, 0.3) is 0 Å². The summed E-state index contributed by atoms with van der Waals surface area (Å²) in [5, 5.41) is 3.11. The lowest BCUT2D eigenvalue weighted by atomic mass is 10.0. The Kier molecular flexibility index (Phi) is 5.00. The van der Waals surface area contributed by atoms with E-state index >= 15 is 0 Å². The second kappa shape index (κ2) is 7.00. The van der Waals surface area contributed by atoms with Gasteiger partial charge in [-0.15, -0.1) is 0 Å². The summed E-state index contributed by atoms with van der Waals surface area (Å²) in [5.41, 5.74) is 1.22. The molecular formula is C16H21NO. The minimum Gasteiger partial charge on any atom is -0.353 e. The lowest BCUT2D eigenvalue weighted by Gasteiger charge is -2.19. The Morgan fingerprint density at radius 1 is 1.17 bits per heavy atom. The predicted octanol–water partition coefficient (Wildman–Crippen LogP) is 3.54. The van der Waals surface area contributed by atoms with Gasteiger partial charge in [-0.2, -0.15) is 0 Å². The third-order valence-electron chi connectivity index (χ3n) is 3.35. The van der Waals surface area contributed by atoms with E-state index in [1.165, 1.54) is 18.4 Å². The lowest BCUT2D eigenvalue weighted by molar-refractivity contribution is -0.122. The first-order valence-corrected chi connectivity index (χ1v) is 6.85. The average molecular weight is 243 g/mol. The van der Waals surface area contributed by atoms with Gasteiger partial charge in [-0.05, 0) is 24.8 Å². The van der Waals surface area contributed by atoms with Crippen LogP contribution in [0.4, 0.5) is 0 Å². The standard InChI is InChI=1S/C16H21NO/c18-16-13-6-2-5-11-15(17-16)12-7-10-14-8-3-1-4-9-14/h1,3-4,7-10,15H,2,5-6,11-13H2,(H,17,18). The van der Waals surface area contributed by atoms with E-state index in [1.54, 1.807) is 0 Å². The molecule has 1 aromatic carbocycles. The molecule has 1 aliphatic heterocycles. The Morgan fingerprint density at radius 2 is 2.00 bits per heavy atom. The monoisotopic (exact) mass is 243 g/mol. The van der Waals surface area contributed by atoms with E-state index in [9.17, 15) is 4.79 Å². The molecule has 1 unspecified atom stereocenters. The normalized spacial score (nSPS) is 21.3. The summed E-state index contributed by atoms with van der Waals surface area (Å²) in [5.74, 6) is 0.216. The molecule has 1 saturated heterocycles. The fourth-order valence-electron chi connectivity index (χ4n) is 2.33. The zero-order valence-electron chi connectivity index (χ0n) is 10.8. The number of benzene rings is 1. The van der Waals surface area contributed by atoms with Gasteiger partial charge in [0, 0.05) is 12.5 Å². The number of carbonyl (C=O) groups is 1. The Labute approximate surface area is 109 Å². The highest BCUT2D eigenvalue weighted by atomic mass is 16.1. The van der Waals surface area contributed by atoms with Crippen LogP contribution in [0.25, 0.3) is 6.08 Å². The van der Waals surface area contributed by atoms with Crippen molar-refractivity contribution >= 4 is 12.0 Å². The van der Waals surface area contributed by atoms with Crippen molar-refractivity contribution in [1.82, 2.24) is 5.32 Å².